The van der Waals surface area contributed by atoms with Gasteiger partial charge in [0.25, 0.3) is 10.0 Å². The molecule has 134 valence electrons. The molecule has 0 fully saturated rings. The van der Waals surface area contributed by atoms with Gasteiger partial charge >= 0.3 is 0 Å². The summed E-state index contributed by atoms with van der Waals surface area (Å²) in [6.07, 6.45) is 0. The Balaban J connectivity index is 1.70. The fourth-order valence-electron chi connectivity index (χ4n) is 2.19. The number of nitrogens with one attached hydrogen (secondary N) is 1. The van der Waals surface area contributed by atoms with Gasteiger partial charge in [0.2, 0.25) is 0 Å². The lowest BCUT2D eigenvalue weighted by molar-refractivity contribution is -0.213. The molecule has 1 aromatic heterocycles. The standard InChI is InChI=1S/C18H15ClN2O3S2/c19-15-4-1-3-13(11-15)12-20-18(22)14-6-8-16(9-7-14)21-26(23,24)17-5-2-10-25-17/h1-11,21H,12H2,(H,20,22)/p-1. The Kier molecular flexibility index (Phi) is 5.61. The Hall–Kier alpha value is -2.35. The smallest absolute Gasteiger partial charge is 0.271 e. The molecule has 3 rings (SSSR count). The molecular formula is C18H14ClN2O3S2-. The third-order valence-electron chi connectivity index (χ3n) is 3.44. The minimum absolute atomic E-state index is 0.228. The molecule has 0 saturated carbocycles. The quantitative estimate of drug-likeness (QED) is 0.503. The van der Waals surface area contributed by atoms with Crippen molar-refractivity contribution < 1.29 is 13.5 Å². The van der Waals surface area contributed by atoms with Crippen molar-refractivity contribution in [2.75, 3.05) is 4.72 Å². The summed E-state index contributed by atoms with van der Waals surface area (Å²) in [7, 11) is -3.61. The van der Waals surface area contributed by atoms with E-state index in [9.17, 15) is 13.5 Å². The van der Waals surface area contributed by atoms with Gasteiger partial charge in [0, 0.05) is 10.7 Å². The van der Waals surface area contributed by atoms with Crippen LogP contribution in [0.4, 0.5) is 5.69 Å². The van der Waals surface area contributed by atoms with Crippen LogP contribution in [0.15, 0.2) is 75.2 Å². The van der Waals surface area contributed by atoms with Gasteiger partial charge in [0.05, 0.1) is 6.54 Å². The number of anilines is 1. The molecule has 0 saturated heterocycles. The van der Waals surface area contributed by atoms with Crippen molar-refractivity contribution in [2.24, 2.45) is 4.99 Å². The van der Waals surface area contributed by atoms with E-state index in [1.807, 2.05) is 6.07 Å². The molecule has 0 amide bonds. The number of hydrogen-bond donors (Lipinski definition) is 1. The Morgan fingerprint density at radius 2 is 1.88 bits per heavy atom. The van der Waals surface area contributed by atoms with Crippen LogP contribution < -0.4 is 9.83 Å². The molecule has 0 aliphatic heterocycles. The molecule has 26 heavy (non-hydrogen) atoms. The molecule has 8 heteroatoms. The maximum Gasteiger partial charge on any atom is 0.271 e. The molecule has 2 aromatic carbocycles. The molecule has 5 nitrogen and oxygen atoms in total. The first kappa shape index (κ1) is 18.4. The van der Waals surface area contributed by atoms with Gasteiger partial charge < -0.3 is 5.11 Å². The van der Waals surface area contributed by atoms with Crippen molar-refractivity contribution in [3.63, 3.8) is 0 Å². The topological polar surface area (TPSA) is 81.6 Å². The number of nitrogens with zero attached hydrogens (tertiary/aromatic N) is 1. The monoisotopic (exact) mass is 405 g/mol. The molecule has 0 aliphatic carbocycles. The van der Waals surface area contributed by atoms with Crippen LogP contribution in [0.25, 0.3) is 0 Å². The molecule has 0 unspecified atom stereocenters. The zero-order valence-electron chi connectivity index (χ0n) is 13.4. The SMILES string of the molecule is O=S(=O)(Nc1ccc(C([O-])=NCc2cccc(Cl)c2)cc1)c1cccs1. The number of halogens is 1. The lowest BCUT2D eigenvalue weighted by Crippen LogP contribution is -2.19. The fraction of sp³-hybridized carbons (Fsp3) is 0.0556. The van der Waals surface area contributed by atoms with E-state index in [0.717, 1.165) is 16.9 Å². The number of hydrogen-bond acceptors (Lipinski definition) is 5. The second-order valence-electron chi connectivity index (χ2n) is 5.37. The highest BCUT2D eigenvalue weighted by molar-refractivity contribution is 7.94. The molecule has 0 atom stereocenters. The van der Waals surface area contributed by atoms with Crippen molar-refractivity contribution in [3.8, 4) is 0 Å². The number of aliphatic imine (C=N–C) groups is 1. The summed E-state index contributed by atoms with van der Waals surface area (Å²) in [6, 6.07) is 16.5. The van der Waals surface area contributed by atoms with E-state index in [1.54, 1.807) is 29.6 Å². The predicted octanol–water partition coefficient (Wildman–Crippen LogP) is 3.51. The molecule has 0 bridgehead atoms. The Morgan fingerprint density at radius 1 is 1.12 bits per heavy atom. The molecular weight excluding hydrogens is 392 g/mol. The summed E-state index contributed by atoms with van der Waals surface area (Å²) in [5.41, 5.74) is 1.60. The zero-order valence-corrected chi connectivity index (χ0v) is 15.8. The van der Waals surface area contributed by atoms with Crippen molar-refractivity contribution in [1.29, 1.82) is 0 Å². The summed E-state index contributed by atoms with van der Waals surface area (Å²) in [6.45, 7) is 0.228. The average molecular weight is 406 g/mol. The lowest BCUT2D eigenvalue weighted by Gasteiger charge is -2.12. The summed E-state index contributed by atoms with van der Waals surface area (Å²) < 4.78 is 27.1. The van der Waals surface area contributed by atoms with Gasteiger partial charge in [-0.25, -0.2) is 8.42 Å². The zero-order chi connectivity index (χ0) is 18.6. The van der Waals surface area contributed by atoms with E-state index in [0.29, 0.717) is 16.3 Å². The maximum atomic E-state index is 12.2. The maximum absolute atomic E-state index is 12.2. The highest BCUT2D eigenvalue weighted by atomic mass is 35.5. The van der Waals surface area contributed by atoms with E-state index in [4.69, 9.17) is 11.6 Å². The van der Waals surface area contributed by atoms with Crippen molar-refractivity contribution in [3.05, 3.63) is 82.2 Å². The van der Waals surface area contributed by atoms with E-state index in [2.05, 4.69) is 9.71 Å². The highest BCUT2D eigenvalue weighted by Crippen LogP contribution is 2.20. The normalized spacial score (nSPS) is 12.1. The van der Waals surface area contributed by atoms with E-state index >= 15 is 0 Å². The van der Waals surface area contributed by atoms with Gasteiger partial charge in [0.1, 0.15) is 4.21 Å². The summed E-state index contributed by atoms with van der Waals surface area (Å²) in [5.74, 6) is -0.377. The average Bonchev–Trinajstić information content (AvgIpc) is 3.16. The molecule has 0 aliphatic rings. The number of sulfonamides is 1. The van der Waals surface area contributed by atoms with Crippen LogP contribution in [0, 0.1) is 0 Å². The Labute approximate surface area is 160 Å². The predicted molar refractivity (Wildman–Crippen MR) is 103 cm³/mol. The van der Waals surface area contributed by atoms with Gasteiger partial charge in [0.15, 0.2) is 0 Å². The summed E-state index contributed by atoms with van der Waals surface area (Å²) in [4.78, 5) is 4.02. The van der Waals surface area contributed by atoms with Crippen LogP contribution >= 0.6 is 22.9 Å². The van der Waals surface area contributed by atoms with Gasteiger partial charge in [-0.3, -0.25) is 9.71 Å². The first-order valence-corrected chi connectivity index (χ1v) is 10.3. The van der Waals surface area contributed by atoms with Crippen LogP contribution in [0.1, 0.15) is 11.1 Å². The summed E-state index contributed by atoms with van der Waals surface area (Å²) in [5, 5.41) is 14.4. The van der Waals surface area contributed by atoms with E-state index in [-0.39, 0.29) is 16.7 Å². The van der Waals surface area contributed by atoms with Crippen LogP contribution in [0.2, 0.25) is 5.02 Å². The second-order valence-corrected chi connectivity index (χ2v) is 8.66. The van der Waals surface area contributed by atoms with Crippen LogP contribution in [0.5, 0.6) is 0 Å². The molecule has 1 N–H and O–H groups in total. The van der Waals surface area contributed by atoms with Crippen LogP contribution in [-0.2, 0) is 16.6 Å². The van der Waals surface area contributed by atoms with Gasteiger partial charge in [-0.2, -0.15) is 0 Å². The minimum Gasteiger partial charge on any atom is -0.858 e. The minimum atomic E-state index is -3.61. The van der Waals surface area contributed by atoms with Gasteiger partial charge in [-0.1, -0.05) is 41.9 Å². The third kappa shape index (κ3) is 4.63. The molecule has 3 aromatic rings. The second kappa shape index (κ2) is 7.90. The largest absolute Gasteiger partial charge is 0.858 e. The van der Waals surface area contributed by atoms with Crippen molar-refractivity contribution in [1.82, 2.24) is 0 Å². The first-order chi connectivity index (χ1) is 12.4. The highest BCUT2D eigenvalue weighted by Gasteiger charge is 2.14. The summed E-state index contributed by atoms with van der Waals surface area (Å²) >= 11 is 7.04. The number of benzene rings is 2. The van der Waals surface area contributed by atoms with Gasteiger partial charge in [-0.05, 0) is 52.7 Å². The fourth-order valence-corrected chi connectivity index (χ4v) is 4.46. The van der Waals surface area contributed by atoms with Gasteiger partial charge in [-0.15, -0.1) is 11.3 Å². The molecule has 0 radical (unpaired) electrons. The van der Waals surface area contributed by atoms with E-state index < -0.39 is 10.0 Å². The van der Waals surface area contributed by atoms with Crippen LogP contribution in [0.3, 0.4) is 0 Å². The Morgan fingerprint density at radius 3 is 2.54 bits per heavy atom. The number of rotatable bonds is 6. The molecule has 1 heterocycles. The van der Waals surface area contributed by atoms with E-state index in [1.165, 1.54) is 30.3 Å². The first-order valence-electron chi connectivity index (χ1n) is 7.57. The van der Waals surface area contributed by atoms with Crippen molar-refractivity contribution in [2.45, 2.75) is 10.8 Å². The third-order valence-corrected chi connectivity index (χ3v) is 6.45. The number of thiophene rings is 1. The molecule has 0 spiro atoms. The van der Waals surface area contributed by atoms with Crippen molar-refractivity contribution >= 4 is 44.5 Å². The lowest BCUT2D eigenvalue weighted by atomic mass is 10.2. The van der Waals surface area contributed by atoms with Crippen LogP contribution in [-0.4, -0.2) is 14.3 Å². The Bertz CT molecular complexity index is 1010.